The normalized spacial score (nSPS) is 21.7. The van der Waals surface area contributed by atoms with Crippen molar-refractivity contribution in [1.29, 1.82) is 0 Å². The van der Waals surface area contributed by atoms with Gasteiger partial charge in [-0.3, -0.25) is 0 Å². The maximum Gasteiger partial charge on any atom is 0.300 e. The molecule has 1 saturated heterocycles. The molecule has 1 heterocycles. The van der Waals surface area contributed by atoms with Crippen LogP contribution >= 0.6 is 10.7 Å². The van der Waals surface area contributed by atoms with Crippen molar-refractivity contribution in [3.05, 3.63) is 0 Å². The Labute approximate surface area is 94.3 Å². The van der Waals surface area contributed by atoms with Crippen molar-refractivity contribution in [3.8, 4) is 11.2 Å². The van der Waals surface area contributed by atoms with Gasteiger partial charge in [-0.25, -0.2) is 8.42 Å². The Morgan fingerprint density at radius 2 is 1.80 bits per heavy atom. The molecule has 0 radical (unpaired) electrons. The van der Waals surface area contributed by atoms with Crippen molar-refractivity contribution < 1.29 is 16.8 Å². The lowest BCUT2D eigenvalue weighted by atomic mass is 10.00. The highest BCUT2D eigenvalue weighted by molar-refractivity contribution is 8.17. The molecule has 0 atom stereocenters. The summed E-state index contributed by atoms with van der Waals surface area (Å²) in [7, 11) is -1.72. The van der Waals surface area contributed by atoms with E-state index < -0.39 is 18.9 Å². The van der Waals surface area contributed by atoms with Gasteiger partial charge >= 0.3 is 9.05 Å². The van der Waals surface area contributed by atoms with Crippen LogP contribution in [0.3, 0.4) is 0 Å². The van der Waals surface area contributed by atoms with Gasteiger partial charge in [0.25, 0.3) is 0 Å². The first-order valence-corrected chi connectivity index (χ1v) is 8.56. The Morgan fingerprint density at radius 3 is 2.27 bits per heavy atom. The highest BCUT2D eigenvalue weighted by Gasteiger charge is 2.22. The van der Waals surface area contributed by atoms with E-state index in [1.165, 1.54) is 0 Å². The molecule has 0 aromatic heterocycles. The van der Waals surface area contributed by atoms with Crippen LogP contribution in [0.4, 0.5) is 0 Å². The Bertz CT molecular complexity index is 466. The molecule has 0 bridgehead atoms. The fourth-order valence-corrected chi connectivity index (χ4v) is 3.42. The molecule has 0 saturated carbocycles. The maximum absolute atomic E-state index is 11.1. The third-order valence-electron chi connectivity index (χ3n) is 2.26. The predicted molar refractivity (Wildman–Crippen MR) is 58.5 cm³/mol. The van der Waals surface area contributed by atoms with Gasteiger partial charge in [0.15, 0.2) is 0 Å². The quantitative estimate of drug-likeness (QED) is 0.520. The lowest BCUT2D eigenvalue weighted by Gasteiger charge is -2.19. The molecule has 0 unspecified atom stereocenters. The number of hydrogen-bond acceptors (Lipinski definition) is 4. The van der Waals surface area contributed by atoms with E-state index in [4.69, 9.17) is 10.7 Å². The summed E-state index contributed by atoms with van der Waals surface area (Å²) in [5.74, 6) is 2.97. The molecule has 0 N–H and O–H groups in total. The monoisotopic (exact) mass is 270 g/mol. The summed E-state index contributed by atoms with van der Waals surface area (Å²) in [6, 6.07) is 0. The van der Waals surface area contributed by atoms with Gasteiger partial charge in [0.2, 0.25) is 0 Å². The highest BCUT2D eigenvalue weighted by atomic mass is 35.7. The molecule has 0 aromatic rings. The van der Waals surface area contributed by atoms with E-state index in [1.807, 2.05) is 5.25 Å². The number of hydrogen-bond donors (Lipinski definition) is 0. The lowest BCUT2D eigenvalue weighted by molar-refractivity contribution is 0.475. The molecule has 1 aliphatic heterocycles. The van der Waals surface area contributed by atoms with Gasteiger partial charge in [-0.15, -0.1) is 0 Å². The fourth-order valence-electron chi connectivity index (χ4n) is 1.42. The second-order valence-corrected chi connectivity index (χ2v) is 8.12. The minimum absolute atomic E-state index is 0.166. The van der Waals surface area contributed by atoms with Gasteiger partial charge in [-0.2, -0.15) is 8.42 Å². The molecule has 7 heteroatoms. The summed E-state index contributed by atoms with van der Waals surface area (Å²) >= 11 is 0. The van der Waals surface area contributed by atoms with Crippen LogP contribution in [0.2, 0.25) is 0 Å². The van der Waals surface area contributed by atoms with Gasteiger partial charge < -0.3 is 0 Å². The second kappa shape index (κ2) is 4.73. The van der Waals surface area contributed by atoms with E-state index in [-0.39, 0.29) is 17.4 Å². The first-order chi connectivity index (χ1) is 6.79. The van der Waals surface area contributed by atoms with Crippen LogP contribution in [0.1, 0.15) is 19.3 Å². The van der Waals surface area contributed by atoms with Gasteiger partial charge in [0.05, 0.1) is 11.5 Å². The molecular weight excluding hydrogens is 260 g/mol. The molecule has 0 aromatic carbocycles. The number of halogens is 1. The lowest BCUT2D eigenvalue weighted by Crippen LogP contribution is -2.22. The Hall–Kier alpha value is -0.250. The molecule has 1 aliphatic rings. The van der Waals surface area contributed by atoms with E-state index in [2.05, 4.69) is 5.92 Å². The van der Waals surface area contributed by atoms with Gasteiger partial charge in [0.1, 0.15) is 9.84 Å². The molecule has 86 valence electrons. The first kappa shape index (κ1) is 12.8. The van der Waals surface area contributed by atoms with E-state index in [1.54, 1.807) is 0 Å². The number of sulfone groups is 1. The molecule has 0 spiro atoms. The van der Waals surface area contributed by atoms with Crippen molar-refractivity contribution in [3.63, 3.8) is 0 Å². The maximum atomic E-state index is 11.1. The first-order valence-electron chi connectivity index (χ1n) is 4.43. The SMILES string of the molecule is O=S(=O)(Cl)C#CCC1CCS(=O)(=O)CC1. The summed E-state index contributed by atoms with van der Waals surface area (Å²) in [4.78, 5) is 0. The summed E-state index contributed by atoms with van der Waals surface area (Å²) in [5.41, 5.74) is 0. The smallest absolute Gasteiger partial charge is 0.229 e. The van der Waals surface area contributed by atoms with Gasteiger partial charge in [-0.05, 0) is 18.8 Å². The van der Waals surface area contributed by atoms with E-state index in [0.717, 1.165) is 0 Å². The van der Waals surface area contributed by atoms with Crippen LogP contribution in [0, 0.1) is 17.1 Å². The molecule has 4 nitrogen and oxygen atoms in total. The van der Waals surface area contributed by atoms with Crippen molar-refractivity contribution in [2.24, 2.45) is 5.92 Å². The Kier molecular flexibility index (Phi) is 4.04. The van der Waals surface area contributed by atoms with Crippen LogP contribution in [-0.2, 0) is 18.9 Å². The average molecular weight is 271 g/mol. The molecular formula is C8H11ClO4S2. The summed E-state index contributed by atoms with van der Waals surface area (Å²) < 4.78 is 43.1. The van der Waals surface area contributed by atoms with E-state index >= 15 is 0 Å². The highest BCUT2D eigenvalue weighted by Crippen LogP contribution is 2.21. The molecule has 1 fully saturated rings. The molecule has 15 heavy (non-hydrogen) atoms. The molecule has 1 rings (SSSR count). The Balaban J connectivity index is 2.46. The van der Waals surface area contributed by atoms with Crippen LogP contribution in [0.15, 0.2) is 0 Å². The number of rotatable bonds is 1. The summed E-state index contributed by atoms with van der Waals surface area (Å²) in [5, 5.41) is 1.93. The zero-order valence-electron chi connectivity index (χ0n) is 7.94. The van der Waals surface area contributed by atoms with Crippen LogP contribution in [0.25, 0.3) is 0 Å². The minimum atomic E-state index is -3.75. The second-order valence-electron chi connectivity index (χ2n) is 3.52. The fraction of sp³-hybridized carbons (Fsp3) is 0.750. The summed E-state index contributed by atoms with van der Waals surface area (Å²) in [6.07, 6.45) is 1.50. The standard InChI is InChI=1S/C8H11ClO4S2/c9-15(12,13)5-1-2-8-3-6-14(10,11)7-4-8/h8H,2-4,6-7H2. The van der Waals surface area contributed by atoms with E-state index in [9.17, 15) is 16.8 Å². The van der Waals surface area contributed by atoms with Crippen molar-refractivity contribution in [2.45, 2.75) is 19.3 Å². The van der Waals surface area contributed by atoms with Crippen LogP contribution < -0.4 is 0 Å². The molecule has 0 amide bonds. The minimum Gasteiger partial charge on any atom is -0.229 e. The zero-order valence-corrected chi connectivity index (χ0v) is 10.3. The van der Waals surface area contributed by atoms with Crippen molar-refractivity contribution in [1.82, 2.24) is 0 Å². The van der Waals surface area contributed by atoms with Crippen LogP contribution in [-0.4, -0.2) is 28.3 Å². The van der Waals surface area contributed by atoms with E-state index in [0.29, 0.717) is 19.3 Å². The Morgan fingerprint density at radius 1 is 1.27 bits per heavy atom. The van der Waals surface area contributed by atoms with Crippen LogP contribution in [0.5, 0.6) is 0 Å². The largest absolute Gasteiger partial charge is 0.300 e. The predicted octanol–water partition coefficient (Wildman–Crippen LogP) is 0.731. The molecule has 0 aliphatic carbocycles. The zero-order chi connectivity index (χ0) is 11.5. The summed E-state index contributed by atoms with van der Waals surface area (Å²) in [6.45, 7) is 0. The topological polar surface area (TPSA) is 68.3 Å². The van der Waals surface area contributed by atoms with Crippen molar-refractivity contribution in [2.75, 3.05) is 11.5 Å². The third kappa shape index (κ3) is 5.40. The third-order valence-corrected chi connectivity index (χ3v) is 4.59. The van der Waals surface area contributed by atoms with Gasteiger partial charge in [-0.1, -0.05) is 5.92 Å². The van der Waals surface area contributed by atoms with Gasteiger partial charge in [0, 0.05) is 22.4 Å². The average Bonchev–Trinajstić information content (AvgIpc) is 2.06. The van der Waals surface area contributed by atoms with Crippen molar-refractivity contribution >= 4 is 29.6 Å².